The Labute approximate surface area is 86.1 Å². The molecule has 0 aromatic carbocycles. The van der Waals surface area contributed by atoms with E-state index in [0.717, 1.165) is 9.80 Å². The smallest absolute Gasteiger partial charge is 0.273 e. The molecule has 1 aromatic heterocycles. The molecule has 5 heteroatoms. The molecule has 1 heterocycles. The van der Waals surface area contributed by atoms with E-state index in [0.29, 0.717) is 0 Å². The molecule has 0 aliphatic carbocycles. The SMILES string of the molecule is COc1nc(Br)c([Si](C)(C)C)s1. The minimum atomic E-state index is -1.24. The van der Waals surface area contributed by atoms with Crippen molar-refractivity contribution in [3.63, 3.8) is 0 Å². The fourth-order valence-corrected chi connectivity index (χ4v) is 5.82. The van der Waals surface area contributed by atoms with E-state index < -0.39 is 8.07 Å². The van der Waals surface area contributed by atoms with Crippen LogP contribution in [0.2, 0.25) is 19.6 Å². The number of rotatable bonds is 2. The molecule has 2 nitrogen and oxygen atoms in total. The first-order valence-corrected chi connectivity index (χ1v) is 8.77. The van der Waals surface area contributed by atoms with Gasteiger partial charge in [0.05, 0.1) is 15.2 Å². The summed E-state index contributed by atoms with van der Waals surface area (Å²) in [4.78, 5) is 4.24. The van der Waals surface area contributed by atoms with Gasteiger partial charge in [-0.15, -0.1) is 0 Å². The number of hydrogen-bond donors (Lipinski definition) is 0. The first-order chi connectivity index (χ1) is 5.45. The minimum absolute atomic E-state index is 0.749. The van der Waals surface area contributed by atoms with Gasteiger partial charge in [0.25, 0.3) is 5.19 Å². The van der Waals surface area contributed by atoms with E-state index in [2.05, 4.69) is 40.6 Å². The summed E-state index contributed by atoms with van der Waals surface area (Å²) in [6, 6.07) is 0. The maximum Gasteiger partial charge on any atom is 0.273 e. The summed E-state index contributed by atoms with van der Waals surface area (Å²) < 4.78 is 7.39. The summed E-state index contributed by atoms with van der Waals surface area (Å²) in [6.07, 6.45) is 0. The van der Waals surface area contributed by atoms with E-state index in [1.165, 1.54) is 4.50 Å². The second-order valence-corrected chi connectivity index (χ2v) is 10.6. The van der Waals surface area contributed by atoms with Crippen molar-refractivity contribution >= 4 is 39.8 Å². The first-order valence-electron chi connectivity index (χ1n) is 3.66. The zero-order valence-corrected chi connectivity index (χ0v) is 11.0. The molecular formula is C7H12BrNOSSi. The van der Waals surface area contributed by atoms with E-state index >= 15 is 0 Å². The monoisotopic (exact) mass is 265 g/mol. The third kappa shape index (κ3) is 2.08. The molecule has 0 bridgehead atoms. The van der Waals surface area contributed by atoms with Crippen molar-refractivity contribution in [2.45, 2.75) is 19.6 Å². The highest BCUT2D eigenvalue weighted by atomic mass is 79.9. The standard InChI is InChI=1S/C7H12BrNOSSi/c1-10-7-9-5(8)6(11-7)12(2,3)4/h1-4H3. The number of methoxy groups -OCH3 is 1. The van der Waals surface area contributed by atoms with Crippen molar-refractivity contribution in [2.24, 2.45) is 0 Å². The van der Waals surface area contributed by atoms with Gasteiger partial charge < -0.3 is 4.74 Å². The fraction of sp³-hybridized carbons (Fsp3) is 0.571. The van der Waals surface area contributed by atoms with Gasteiger partial charge in [-0.3, -0.25) is 0 Å². The van der Waals surface area contributed by atoms with E-state index in [4.69, 9.17) is 4.74 Å². The van der Waals surface area contributed by atoms with Crippen LogP contribution in [0.1, 0.15) is 0 Å². The van der Waals surface area contributed by atoms with Crippen LogP contribution in [-0.4, -0.2) is 20.2 Å². The second-order valence-electron chi connectivity index (χ2n) is 3.55. The maximum absolute atomic E-state index is 5.07. The van der Waals surface area contributed by atoms with Gasteiger partial charge >= 0.3 is 0 Å². The summed E-state index contributed by atoms with van der Waals surface area (Å²) in [5.41, 5.74) is 0. The van der Waals surface area contributed by atoms with Crippen molar-refractivity contribution in [2.75, 3.05) is 7.11 Å². The fourth-order valence-electron chi connectivity index (χ4n) is 0.833. The molecule has 0 saturated carbocycles. The number of thiazole rings is 1. The molecule has 0 spiro atoms. The highest BCUT2D eigenvalue weighted by Gasteiger charge is 2.24. The van der Waals surface area contributed by atoms with Gasteiger partial charge in [-0.25, -0.2) is 0 Å². The molecule has 0 atom stereocenters. The Morgan fingerprint density at radius 3 is 2.25 bits per heavy atom. The largest absolute Gasteiger partial charge is 0.473 e. The van der Waals surface area contributed by atoms with E-state index in [-0.39, 0.29) is 0 Å². The van der Waals surface area contributed by atoms with Gasteiger partial charge in [-0.05, 0) is 15.9 Å². The highest BCUT2D eigenvalue weighted by Crippen LogP contribution is 2.23. The number of hydrogen-bond acceptors (Lipinski definition) is 3. The lowest BCUT2D eigenvalue weighted by atomic mass is 11.0. The Bertz CT molecular complexity index is 281. The second kappa shape index (κ2) is 3.47. The Morgan fingerprint density at radius 1 is 1.42 bits per heavy atom. The van der Waals surface area contributed by atoms with Crippen LogP contribution in [0.25, 0.3) is 0 Å². The molecule has 1 rings (SSSR count). The van der Waals surface area contributed by atoms with E-state index in [9.17, 15) is 0 Å². The molecule has 0 N–H and O–H groups in total. The van der Waals surface area contributed by atoms with Crippen molar-refractivity contribution < 1.29 is 4.74 Å². The third-order valence-electron chi connectivity index (χ3n) is 1.42. The molecule has 1 aromatic rings. The van der Waals surface area contributed by atoms with Crippen LogP contribution < -0.4 is 9.24 Å². The van der Waals surface area contributed by atoms with Crippen LogP contribution in [0.3, 0.4) is 0 Å². The van der Waals surface area contributed by atoms with Gasteiger partial charge in [-0.2, -0.15) is 4.98 Å². The van der Waals surface area contributed by atoms with Crippen molar-refractivity contribution in [1.29, 1.82) is 0 Å². The zero-order valence-electron chi connectivity index (χ0n) is 7.64. The molecule has 0 amide bonds. The maximum atomic E-state index is 5.07. The van der Waals surface area contributed by atoms with E-state index in [1.54, 1.807) is 18.4 Å². The van der Waals surface area contributed by atoms with Crippen LogP contribution in [-0.2, 0) is 0 Å². The minimum Gasteiger partial charge on any atom is -0.473 e. The van der Waals surface area contributed by atoms with Crippen molar-refractivity contribution in [3.05, 3.63) is 4.60 Å². The molecule has 0 radical (unpaired) electrons. The van der Waals surface area contributed by atoms with Gasteiger partial charge in [0.2, 0.25) is 0 Å². The lowest BCUT2D eigenvalue weighted by Crippen LogP contribution is -2.36. The number of halogens is 1. The van der Waals surface area contributed by atoms with Gasteiger partial charge in [0.1, 0.15) is 4.60 Å². The molecule has 0 aliphatic heterocycles. The normalized spacial score (nSPS) is 11.8. The molecule has 0 unspecified atom stereocenters. The zero-order chi connectivity index (χ0) is 9.35. The number of aromatic nitrogens is 1. The summed E-state index contributed by atoms with van der Waals surface area (Å²) in [5, 5.41) is 0.749. The average Bonchev–Trinajstić information content (AvgIpc) is 2.29. The van der Waals surface area contributed by atoms with Gasteiger partial charge in [0, 0.05) is 4.50 Å². The summed E-state index contributed by atoms with van der Waals surface area (Å²) >= 11 is 5.10. The van der Waals surface area contributed by atoms with Crippen LogP contribution in [0, 0.1) is 0 Å². The molecule has 0 aliphatic rings. The lowest BCUT2D eigenvalue weighted by molar-refractivity contribution is 0.411. The van der Waals surface area contributed by atoms with Gasteiger partial charge in [-0.1, -0.05) is 31.0 Å². The molecule has 68 valence electrons. The van der Waals surface area contributed by atoms with Crippen LogP contribution in [0.5, 0.6) is 5.19 Å². The first kappa shape index (κ1) is 10.2. The number of ether oxygens (including phenoxy) is 1. The molecule has 12 heavy (non-hydrogen) atoms. The number of nitrogens with zero attached hydrogens (tertiary/aromatic N) is 1. The average molecular weight is 266 g/mol. The Balaban J connectivity index is 3.08. The van der Waals surface area contributed by atoms with Crippen molar-refractivity contribution in [1.82, 2.24) is 4.98 Å². The van der Waals surface area contributed by atoms with Crippen LogP contribution in [0.4, 0.5) is 0 Å². The topological polar surface area (TPSA) is 22.1 Å². The lowest BCUT2D eigenvalue weighted by Gasteiger charge is -2.12. The quantitative estimate of drug-likeness (QED) is 0.767. The molecule has 0 saturated heterocycles. The highest BCUT2D eigenvalue weighted by molar-refractivity contribution is 9.10. The van der Waals surface area contributed by atoms with Gasteiger partial charge in [0.15, 0.2) is 0 Å². The Hall–Kier alpha value is 0.127. The van der Waals surface area contributed by atoms with Crippen LogP contribution in [0.15, 0.2) is 4.60 Å². The van der Waals surface area contributed by atoms with Crippen LogP contribution >= 0.6 is 27.3 Å². The third-order valence-corrected chi connectivity index (χ3v) is 7.20. The summed E-state index contributed by atoms with van der Waals surface area (Å²) in [6.45, 7) is 6.89. The Kier molecular flexibility index (Phi) is 2.95. The Morgan fingerprint density at radius 2 is 2.00 bits per heavy atom. The predicted octanol–water partition coefficient (Wildman–Crippen LogP) is 2.46. The summed E-state index contributed by atoms with van der Waals surface area (Å²) in [5.74, 6) is 0. The predicted molar refractivity (Wildman–Crippen MR) is 59.3 cm³/mol. The van der Waals surface area contributed by atoms with Crippen molar-refractivity contribution in [3.8, 4) is 5.19 Å². The summed E-state index contributed by atoms with van der Waals surface area (Å²) in [7, 11) is 0.408. The molecule has 0 fully saturated rings. The molecular weight excluding hydrogens is 254 g/mol. The van der Waals surface area contributed by atoms with E-state index in [1.807, 2.05) is 0 Å².